The van der Waals surface area contributed by atoms with Gasteiger partial charge in [0.1, 0.15) is 0 Å². The SMILES string of the molecule is Cc1ccc(C(=O)NCC2(CCCl)CC2)cc1Cl. The first-order chi connectivity index (χ1) is 8.56. The molecular weight excluding hydrogens is 269 g/mol. The van der Waals surface area contributed by atoms with Crippen molar-refractivity contribution in [3.63, 3.8) is 0 Å². The fourth-order valence-corrected chi connectivity index (χ4v) is 2.58. The minimum absolute atomic E-state index is 0.0576. The molecule has 0 atom stereocenters. The van der Waals surface area contributed by atoms with Gasteiger partial charge in [-0.05, 0) is 49.3 Å². The van der Waals surface area contributed by atoms with Crippen LogP contribution in [0.25, 0.3) is 0 Å². The third-order valence-corrected chi connectivity index (χ3v) is 4.24. The Morgan fingerprint density at radius 3 is 2.72 bits per heavy atom. The number of amides is 1. The summed E-state index contributed by atoms with van der Waals surface area (Å²) in [6.45, 7) is 2.63. The van der Waals surface area contributed by atoms with Crippen molar-refractivity contribution in [2.75, 3.05) is 12.4 Å². The Balaban J connectivity index is 1.93. The summed E-state index contributed by atoms with van der Waals surface area (Å²) in [6.07, 6.45) is 3.30. The fourth-order valence-electron chi connectivity index (χ4n) is 2.00. The van der Waals surface area contributed by atoms with Crippen LogP contribution in [-0.2, 0) is 0 Å². The van der Waals surface area contributed by atoms with E-state index >= 15 is 0 Å². The van der Waals surface area contributed by atoms with E-state index in [9.17, 15) is 4.79 Å². The average Bonchev–Trinajstić information content (AvgIpc) is 3.11. The zero-order valence-corrected chi connectivity index (χ0v) is 11.9. The Bertz CT molecular complexity index is 455. The first kappa shape index (κ1) is 13.7. The van der Waals surface area contributed by atoms with E-state index < -0.39 is 0 Å². The number of alkyl halides is 1. The van der Waals surface area contributed by atoms with Crippen molar-refractivity contribution in [2.45, 2.75) is 26.2 Å². The van der Waals surface area contributed by atoms with Crippen LogP contribution in [0.3, 0.4) is 0 Å². The number of halogens is 2. The molecule has 0 spiro atoms. The third-order valence-electron chi connectivity index (χ3n) is 3.64. The molecule has 0 unspecified atom stereocenters. The number of nitrogens with one attached hydrogen (secondary N) is 1. The molecule has 0 bridgehead atoms. The van der Waals surface area contributed by atoms with Crippen LogP contribution in [0.4, 0.5) is 0 Å². The van der Waals surface area contributed by atoms with Crippen molar-refractivity contribution in [1.82, 2.24) is 5.32 Å². The minimum Gasteiger partial charge on any atom is -0.351 e. The fraction of sp³-hybridized carbons (Fsp3) is 0.500. The zero-order valence-electron chi connectivity index (χ0n) is 10.4. The number of aryl methyl sites for hydroxylation is 1. The predicted octanol–water partition coefficient (Wildman–Crippen LogP) is 3.79. The highest BCUT2D eigenvalue weighted by molar-refractivity contribution is 6.31. The average molecular weight is 286 g/mol. The molecule has 0 radical (unpaired) electrons. The van der Waals surface area contributed by atoms with E-state index in [4.69, 9.17) is 23.2 Å². The topological polar surface area (TPSA) is 29.1 Å². The van der Waals surface area contributed by atoms with Crippen LogP contribution in [0.2, 0.25) is 5.02 Å². The van der Waals surface area contributed by atoms with E-state index in [0.717, 1.165) is 24.8 Å². The number of hydrogen-bond acceptors (Lipinski definition) is 1. The summed E-state index contributed by atoms with van der Waals surface area (Å²) >= 11 is 11.8. The predicted molar refractivity (Wildman–Crippen MR) is 75.5 cm³/mol. The molecule has 1 aliphatic carbocycles. The largest absolute Gasteiger partial charge is 0.351 e. The summed E-state index contributed by atoms with van der Waals surface area (Å²) in [5, 5.41) is 3.61. The summed E-state index contributed by atoms with van der Waals surface area (Å²) < 4.78 is 0. The molecule has 98 valence electrons. The van der Waals surface area contributed by atoms with Crippen molar-refractivity contribution in [2.24, 2.45) is 5.41 Å². The monoisotopic (exact) mass is 285 g/mol. The lowest BCUT2D eigenvalue weighted by Crippen LogP contribution is -2.30. The van der Waals surface area contributed by atoms with Crippen LogP contribution in [0.15, 0.2) is 18.2 Å². The lowest BCUT2D eigenvalue weighted by molar-refractivity contribution is 0.0944. The molecule has 0 saturated heterocycles. The van der Waals surface area contributed by atoms with Gasteiger partial charge in [0.15, 0.2) is 0 Å². The van der Waals surface area contributed by atoms with Gasteiger partial charge in [0.2, 0.25) is 0 Å². The number of hydrogen-bond donors (Lipinski definition) is 1. The van der Waals surface area contributed by atoms with Gasteiger partial charge in [-0.1, -0.05) is 17.7 Å². The summed E-state index contributed by atoms with van der Waals surface area (Å²) in [4.78, 5) is 12.0. The normalized spacial score (nSPS) is 16.4. The highest BCUT2D eigenvalue weighted by Gasteiger charge is 2.41. The number of rotatable bonds is 5. The first-order valence-corrected chi connectivity index (χ1v) is 7.08. The molecule has 1 aliphatic rings. The molecule has 2 nitrogen and oxygen atoms in total. The summed E-state index contributed by atoms with van der Waals surface area (Å²) in [7, 11) is 0. The van der Waals surface area contributed by atoms with Crippen LogP contribution in [0, 0.1) is 12.3 Å². The molecule has 2 rings (SSSR count). The Labute approximate surface area is 118 Å². The van der Waals surface area contributed by atoms with Crippen molar-refractivity contribution in [1.29, 1.82) is 0 Å². The molecule has 4 heteroatoms. The number of benzene rings is 1. The lowest BCUT2D eigenvalue weighted by Gasteiger charge is -2.14. The van der Waals surface area contributed by atoms with Gasteiger partial charge in [0.25, 0.3) is 5.91 Å². The Morgan fingerprint density at radius 1 is 1.44 bits per heavy atom. The second kappa shape index (κ2) is 5.50. The van der Waals surface area contributed by atoms with E-state index in [1.54, 1.807) is 12.1 Å². The smallest absolute Gasteiger partial charge is 0.251 e. The van der Waals surface area contributed by atoms with Gasteiger partial charge in [-0.2, -0.15) is 0 Å². The first-order valence-electron chi connectivity index (χ1n) is 6.17. The maximum Gasteiger partial charge on any atom is 0.251 e. The Hall–Kier alpha value is -0.730. The van der Waals surface area contributed by atoms with Crippen LogP contribution < -0.4 is 5.32 Å². The molecule has 0 aromatic heterocycles. The second-order valence-electron chi connectivity index (χ2n) is 5.09. The minimum atomic E-state index is -0.0576. The Kier molecular flexibility index (Phi) is 4.18. The zero-order chi connectivity index (χ0) is 13.2. The highest BCUT2D eigenvalue weighted by atomic mass is 35.5. The van der Waals surface area contributed by atoms with E-state index in [0.29, 0.717) is 23.0 Å². The molecule has 1 amide bonds. The molecule has 1 fully saturated rings. The van der Waals surface area contributed by atoms with Crippen LogP contribution in [-0.4, -0.2) is 18.3 Å². The summed E-state index contributed by atoms with van der Waals surface area (Å²) in [5.74, 6) is 0.601. The Morgan fingerprint density at radius 2 is 2.17 bits per heavy atom. The standard InChI is InChI=1S/C14H17Cl2NO/c1-10-2-3-11(8-12(10)16)13(18)17-9-14(4-5-14)6-7-15/h2-3,8H,4-7,9H2,1H3,(H,17,18). The maximum absolute atomic E-state index is 12.0. The van der Waals surface area contributed by atoms with Crippen LogP contribution in [0.1, 0.15) is 35.2 Å². The van der Waals surface area contributed by atoms with Gasteiger partial charge >= 0.3 is 0 Å². The van der Waals surface area contributed by atoms with E-state index in [1.807, 2.05) is 13.0 Å². The quantitative estimate of drug-likeness (QED) is 0.820. The van der Waals surface area contributed by atoms with Gasteiger partial charge in [-0.3, -0.25) is 4.79 Å². The molecule has 18 heavy (non-hydrogen) atoms. The molecule has 0 heterocycles. The van der Waals surface area contributed by atoms with Crippen molar-refractivity contribution in [3.8, 4) is 0 Å². The highest BCUT2D eigenvalue weighted by Crippen LogP contribution is 2.48. The van der Waals surface area contributed by atoms with Gasteiger partial charge in [0, 0.05) is 23.0 Å². The lowest BCUT2D eigenvalue weighted by atomic mass is 10.0. The number of carbonyl (C=O) groups excluding carboxylic acids is 1. The van der Waals surface area contributed by atoms with Gasteiger partial charge in [-0.25, -0.2) is 0 Å². The third kappa shape index (κ3) is 3.18. The van der Waals surface area contributed by atoms with Crippen LogP contribution in [0.5, 0.6) is 0 Å². The van der Waals surface area contributed by atoms with E-state index in [1.165, 1.54) is 0 Å². The van der Waals surface area contributed by atoms with E-state index in [-0.39, 0.29) is 11.3 Å². The molecular formula is C14H17Cl2NO. The molecule has 1 aromatic rings. The number of carbonyl (C=O) groups is 1. The molecule has 1 saturated carbocycles. The van der Waals surface area contributed by atoms with E-state index in [2.05, 4.69) is 5.32 Å². The second-order valence-corrected chi connectivity index (χ2v) is 5.87. The summed E-state index contributed by atoms with van der Waals surface area (Å²) in [6, 6.07) is 5.38. The molecule has 1 aromatic carbocycles. The van der Waals surface area contributed by atoms with Gasteiger partial charge in [-0.15, -0.1) is 11.6 Å². The van der Waals surface area contributed by atoms with Gasteiger partial charge < -0.3 is 5.32 Å². The summed E-state index contributed by atoms with van der Waals surface area (Å²) in [5.41, 5.74) is 1.85. The molecule has 0 aliphatic heterocycles. The van der Waals surface area contributed by atoms with Crippen molar-refractivity contribution >= 4 is 29.1 Å². The van der Waals surface area contributed by atoms with Crippen molar-refractivity contribution < 1.29 is 4.79 Å². The van der Waals surface area contributed by atoms with Crippen LogP contribution >= 0.6 is 23.2 Å². The van der Waals surface area contributed by atoms with Gasteiger partial charge in [0.05, 0.1) is 0 Å². The van der Waals surface area contributed by atoms with Crippen molar-refractivity contribution in [3.05, 3.63) is 34.3 Å². The molecule has 1 N–H and O–H groups in total. The maximum atomic E-state index is 12.0.